The third kappa shape index (κ3) is 6.44. The van der Waals surface area contributed by atoms with Crippen LogP contribution in [0.4, 0.5) is 4.79 Å². The number of hydrogen-bond donors (Lipinski definition) is 3. The number of aliphatic hydroxyl groups excluding tert-OH is 1. The Morgan fingerprint density at radius 2 is 1.56 bits per heavy atom. The Labute approximate surface area is 108 Å². The van der Waals surface area contributed by atoms with Crippen molar-refractivity contribution in [3.8, 4) is 0 Å². The second-order valence-corrected chi connectivity index (χ2v) is 5.22. The van der Waals surface area contributed by atoms with Crippen LogP contribution in [0.1, 0.15) is 27.7 Å². The fraction of sp³-hybridized carbons (Fsp3) is 0.833. The van der Waals surface area contributed by atoms with Crippen molar-refractivity contribution in [1.29, 1.82) is 0 Å². The molecule has 0 radical (unpaired) electrons. The van der Waals surface area contributed by atoms with Crippen LogP contribution in [0.2, 0.25) is 0 Å². The van der Waals surface area contributed by atoms with Crippen molar-refractivity contribution < 1.29 is 19.8 Å². The van der Waals surface area contributed by atoms with Gasteiger partial charge in [-0.1, -0.05) is 27.7 Å². The van der Waals surface area contributed by atoms with E-state index < -0.39 is 24.6 Å². The predicted molar refractivity (Wildman–Crippen MR) is 68.3 cm³/mol. The molecular formula is C12H24N2O4. The van der Waals surface area contributed by atoms with Gasteiger partial charge in [-0.05, 0) is 11.8 Å². The standard InChI is InChI=1S/C12H24N2O4/c1-8(2)5-14(6-9(3)4)12(18)13-10(7-15)11(16)17/h8-10,15H,5-7H2,1-4H3,(H,13,18)(H,16,17)/t10-/m0/s1. The molecule has 1 atom stereocenters. The molecule has 0 saturated heterocycles. The number of carboxylic acid groups (broad SMARTS) is 1. The molecule has 0 aromatic carbocycles. The first-order chi connectivity index (χ1) is 8.27. The number of hydrogen-bond acceptors (Lipinski definition) is 3. The van der Waals surface area contributed by atoms with Gasteiger partial charge in [-0.15, -0.1) is 0 Å². The van der Waals surface area contributed by atoms with Crippen LogP contribution in [0.3, 0.4) is 0 Å². The van der Waals surface area contributed by atoms with Crippen molar-refractivity contribution in [2.24, 2.45) is 11.8 Å². The lowest BCUT2D eigenvalue weighted by molar-refractivity contribution is -0.140. The number of urea groups is 1. The van der Waals surface area contributed by atoms with Gasteiger partial charge in [0.05, 0.1) is 6.61 Å². The molecule has 0 unspecified atom stereocenters. The number of nitrogens with zero attached hydrogens (tertiary/aromatic N) is 1. The van der Waals surface area contributed by atoms with E-state index in [2.05, 4.69) is 5.32 Å². The van der Waals surface area contributed by atoms with E-state index in [0.717, 1.165) is 0 Å². The monoisotopic (exact) mass is 260 g/mol. The van der Waals surface area contributed by atoms with Crippen LogP contribution in [0.25, 0.3) is 0 Å². The normalized spacial score (nSPS) is 12.6. The predicted octanol–water partition coefficient (Wildman–Crippen LogP) is 0.755. The van der Waals surface area contributed by atoms with E-state index in [1.165, 1.54) is 0 Å². The highest BCUT2D eigenvalue weighted by atomic mass is 16.4. The SMILES string of the molecule is CC(C)CN(CC(C)C)C(=O)N[C@@H](CO)C(=O)O. The zero-order valence-electron chi connectivity index (χ0n) is 11.5. The van der Waals surface area contributed by atoms with Crippen LogP contribution >= 0.6 is 0 Å². The molecule has 0 aliphatic carbocycles. The topological polar surface area (TPSA) is 89.9 Å². The molecule has 18 heavy (non-hydrogen) atoms. The summed E-state index contributed by atoms with van der Waals surface area (Å²) in [6.45, 7) is 8.45. The number of carbonyl (C=O) groups is 2. The van der Waals surface area contributed by atoms with Gasteiger partial charge in [-0.3, -0.25) is 0 Å². The van der Waals surface area contributed by atoms with Crippen molar-refractivity contribution >= 4 is 12.0 Å². The summed E-state index contributed by atoms with van der Waals surface area (Å²) in [6.07, 6.45) is 0. The van der Waals surface area contributed by atoms with Crippen LogP contribution in [-0.2, 0) is 4.79 Å². The third-order valence-electron chi connectivity index (χ3n) is 2.24. The Morgan fingerprint density at radius 1 is 1.11 bits per heavy atom. The highest BCUT2D eigenvalue weighted by Crippen LogP contribution is 2.04. The summed E-state index contributed by atoms with van der Waals surface area (Å²) in [6, 6.07) is -1.70. The molecule has 0 aliphatic rings. The molecule has 0 rings (SSSR count). The summed E-state index contributed by atoms with van der Waals surface area (Å²) in [5.41, 5.74) is 0. The summed E-state index contributed by atoms with van der Waals surface area (Å²) < 4.78 is 0. The molecule has 3 N–H and O–H groups in total. The Morgan fingerprint density at radius 3 is 1.83 bits per heavy atom. The number of aliphatic carboxylic acids is 1. The lowest BCUT2D eigenvalue weighted by Gasteiger charge is -2.27. The van der Waals surface area contributed by atoms with Crippen LogP contribution in [0, 0.1) is 11.8 Å². The Hall–Kier alpha value is -1.30. The molecule has 0 aliphatic heterocycles. The highest BCUT2D eigenvalue weighted by molar-refractivity contribution is 5.82. The number of aliphatic hydroxyl groups is 1. The molecule has 0 heterocycles. The Bertz CT molecular complexity index is 269. The van der Waals surface area contributed by atoms with E-state index in [4.69, 9.17) is 10.2 Å². The quantitative estimate of drug-likeness (QED) is 0.630. The third-order valence-corrected chi connectivity index (χ3v) is 2.24. The molecule has 0 spiro atoms. The summed E-state index contributed by atoms with van der Waals surface area (Å²) in [5.74, 6) is -0.640. The second kappa shape index (κ2) is 7.92. The van der Waals surface area contributed by atoms with E-state index in [1.54, 1.807) is 4.90 Å². The fourth-order valence-corrected chi connectivity index (χ4v) is 1.55. The number of carbonyl (C=O) groups excluding carboxylic acids is 1. The van der Waals surface area contributed by atoms with Gasteiger partial charge in [0.2, 0.25) is 0 Å². The molecule has 0 fully saturated rings. The van der Waals surface area contributed by atoms with Gasteiger partial charge in [-0.25, -0.2) is 9.59 Å². The van der Waals surface area contributed by atoms with Crippen molar-refractivity contribution in [2.45, 2.75) is 33.7 Å². The molecule has 6 nitrogen and oxygen atoms in total. The molecule has 0 saturated carbocycles. The van der Waals surface area contributed by atoms with Gasteiger partial charge < -0.3 is 20.4 Å². The van der Waals surface area contributed by atoms with E-state index in [0.29, 0.717) is 24.9 Å². The van der Waals surface area contributed by atoms with Crippen molar-refractivity contribution in [2.75, 3.05) is 19.7 Å². The Kier molecular flexibility index (Phi) is 7.35. The minimum atomic E-state index is -1.25. The molecule has 0 aromatic rings. The van der Waals surface area contributed by atoms with Crippen LogP contribution in [0.15, 0.2) is 0 Å². The van der Waals surface area contributed by atoms with Crippen molar-refractivity contribution in [3.63, 3.8) is 0 Å². The van der Waals surface area contributed by atoms with Crippen LogP contribution in [0.5, 0.6) is 0 Å². The number of carboxylic acids is 1. The van der Waals surface area contributed by atoms with Crippen molar-refractivity contribution in [3.05, 3.63) is 0 Å². The lowest BCUT2D eigenvalue weighted by atomic mass is 10.1. The zero-order chi connectivity index (χ0) is 14.3. The van der Waals surface area contributed by atoms with Gasteiger partial charge in [-0.2, -0.15) is 0 Å². The van der Waals surface area contributed by atoms with Gasteiger partial charge in [0.1, 0.15) is 0 Å². The first-order valence-corrected chi connectivity index (χ1v) is 6.17. The van der Waals surface area contributed by atoms with Crippen LogP contribution < -0.4 is 5.32 Å². The number of nitrogens with one attached hydrogen (secondary N) is 1. The largest absolute Gasteiger partial charge is 0.480 e. The van der Waals surface area contributed by atoms with E-state index >= 15 is 0 Å². The minimum absolute atomic E-state index is 0.298. The molecule has 6 heteroatoms. The summed E-state index contributed by atoms with van der Waals surface area (Å²) in [4.78, 5) is 24.3. The lowest BCUT2D eigenvalue weighted by Crippen LogP contribution is -2.51. The van der Waals surface area contributed by atoms with E-state index in [9.17, 15) is 9.59 Å². The maximum absolute atomic E-state index is 11.9. The maximum atomic E-state index is 11.9. The smallest absolute Gasteiger partial charge is 0.328 e. The van der Waals surface area contributed by atoms with E-state index in [-0.39, 0.29) is 0 Å². The van der Waals surface area contributed by atoms with E-state index in [1.807, 2.05) is 27.7 Å². The first-order valence-electron chi connectivity index (χ1n) is 6.17. The average molecular weight is 260 g/mol. The molecule has 0 aromatic heterocycles. The molecular weight excluding hydrogens is 236 g/mol. The van der Waals surface area contributed by atoms with Crippen molar-refractivity contribution in [1.82, 2.24) is 10.2 Å². The molecule has 2 amide bonds. The van der Waals surface area contributed by atoms with Crippen LogP contribution in [-0.4, -0.2) is 52.9 Å². The molecule has 0 bridgehead atoms. The average Bonchev–Trinajstić information content (AvgIpc) is 2.22. The first kappa shape index (κ1) is 16.7. The number of rotatable bonds is 7. The van der Waals surface area contributed by atoms with Gasteiger partial charge in [0, 0.05) is 13.1 Å². The van der Waals surface area contributed by atoms with Gasteiger partial charge in [0.15, 0.2) is 6.04 Å². The second-order valence-electron chi connectivity index (χ2n) is 5.22. The fourth-order valence-electron chi connectivity index (χ4n) is 1.55. The minimum Gasteiger partial charge on any atom is -0.480 e. The Balaban J connectivity index is 4.58. The highest BCUT2D eigenvalue weighted by Gasteiger charge is 2.23. The number of amides is 2. The van der Waals surface area contributed by atoms with Gasteiger partial charge in [0.25, 0.3) is 0 Å². The van der Waals surface area contributed by atoms with Gasteiger partial charge >= 0.3 is 12.0 Å². The molecule has 106 valence electrons. The summed E-state index contributed by atoms with van der Waals surface area (Å²) in [5, 5.41) is 20.0. The summed E-state index contributed by atoms with van der Waals surface area (Å²) >= 11 is 0. The maximum Gasteiger partial charge on any atom is 0.328 e. The summed E-state index contributed by atoms with van der Waals surface area (Å²) in [7, 11) is 0. The zero-order valence-corrected chi connectivity index (χ0v) is 11.5.